The third kappa shape index (κ3) is 4.22. The summed E-state index contributed by atoms with van der Waals surface area (Å²) in [5.74, 6) is 0.129. The molecule has 0 aliphatic carbocycles. The van der Waals surface area contributed by atoms with Gasteiger partial charge in [0.25, 0.3) is 0 Å². The molecule has 0 radical (unpaired) electrons. The molecule has 0 aliphatic rings. The van der Waals surface area contributed by atoms with Crippen LogP contribution < -0.4 is 0 Å². The molecule has 0 aliphatic heterocycles. The topological polar surface area (TPSA) is 17.1 Å². The summed E-state index contributed by atoms with van der Waals surface area (Å²) in [5, 5.41) is 1.85. The van der Waals surface area contributed by atoms with Crippen molar-refractivity contribution in [3.63, 3.8) is 0 Å². The van der Waals surface area contributed by atoms with E-state index in [2.05, 4.69) is 0 Å². The summed E-state index contributed by atoms with van der Waals surface area (Å²) in [6.45, 7) is 0. The highest BCUT2D eigenvalue weighted by molar-refractivity contribution is 8.02. The maximum atomic E-state index is 11.7. The van der Waals surface area contributed by atoms with Gasteiger partial charge in [0, 0.05) is 11.3 Å². The van der Waals surface area contributed by atoms with Crippen molar-refractivity contribution in [2.45, 2.75) is 11.3 Å². The minimum Gasteiger partial charge on any atom is -0.294 e. The van der Waals surface area contributed by atoms with Crippen molar-refractivity contribution >= 4 is 17.5 Å². The highest BCUT2D eigenvalue weighted by Gasteiger charge is 1.98. The summed E-state index contributed by atoms with van der Waals surface area (Å²) in [6, 6.07) is 19.8. The summed E-state index contributed by atoms with van der Waals surface area (Å²) >= 11 is 1.56. The Morgan fingerprint density at radius 3 is 2.22 bits per heavy atom. The molecule has 0 heterocycles. The lowest BCUT2D eigenvalue weighted by Gasteiger charge is -1.96. The van der Waals surface area contributed by atoms with Crippen LogP contribution in [0.15, 0.2) is 77.0 Å². The third-order valence-electron chi connectivity index (χ3n) is 2.42. The Bertz CT molecular complexity index is 517. The molecular formula is C16H14OS. The fourth-order valence-corrected chi connectivity index (χ4v) is 2.23. The fraction of sp³-hybridized carbons (Fsp3) is 0.0625. The highest BCUT2D eigenvalue weighted by atomic mass is 32.2. The van der Waals surface area contributed by atoms with Crippen molar-refractivity contribution in [1.29, 1.82) is 0 Å². The van der Waals surface area contributed by atoms with Gasteiger partial charge in [0.15, 0.2) is 5.78 Å². The molecular weight excluding hydrogens is 240 g/mol. The van der Waals surface area contributed by atoms with Crippen molar-refractivity contribution in [3.05, 3.63) is 77.7 Å². The number of allylic oxidation sites excluding steroid dienone is 1. The summed E-state index contributed by atoms with van der Waals surface area (Å²) in [5.41, 5.74) is 1.05. The Morgan fingerprint density at radius 2 is 1.56 bits per heavy atom. The number of ketones is 1. The maximum absolute atomic E-state index is 11.7. The van der Waals surface area contributed by atoms with E-state index in [4.69, 9.17) is 0 Å². The van der Waals surface area contributed by atoms with E-state index in [1.807, 2.05) is 66.1 Å². The first-order valence-electron chi connectivity index (χ1n) is 5.79. The van der Waals surface area contributed by atoms with Gasteiger partial charge in [0.05, 0.1) is 0 Å². The minimum atomic E-state index is 0.129. The number of carbonyl (C=O) groups excluding carboxylic acids is 1. The number of benzene rings is 2. The van der Waals surface area contributed by atoms with Crippen molar-refractivity contribution in [3.8, 4) is 0 Å². The van der Waals surface area contributed by atoms with E-state index in [1.54, 1.807) is 17.8 Å². The molecule has 90 valence electrons. The molecule has 0 N–H and O–H groups in total. The number of hydrogen-bond acceptors (Lipinski definition) is 2. The van der Waals surface area contributed by atoms with Gasteiger partial charge in [0.2, 0.25) is 0 Å². The van der Waals surface area contributed by atoms with Crippen LogP contribution in [0.3, 0.4) is 0 Å². The summed E-state index contributed by atoms with van der Waals surface area (Å²) in [7, 11) is 0. The molecule has 2 aromatic rings. The van der Waals surface area contributed by atoms with Crippen LogP contribution >= 0.6 is 11.8 Å². The van der Waals surface area contributed by atoms with E-state index in [0.29, 0.717) is 6.42 Å². The minimum absolute atomic E-state index is 0.129. The van der Waals surface area contributed by atoms with Gasteiger partial charge in [0.1, 0.15) is 0 Å². The van der Waals surface area contributed by atoms with Crippen molar-refractivity contribution < 1.29 is 4.79 Å². The van der Waals surface area contributed by atoms with Crippen LogP contribution in [-0.2, 0) is 11.2 Å². The van der Waals surface area contributed by atoms with Gasteiger partial charge in [-0.1, -0.05) is 60.3 Å². The normalized spacial score (nSPS) is 10.7. The van der Waals surface area contributed by atoms with Crippen LogP contribution in [0.5, 0.6) is 0 Å². The van der Waals surface area contributed by atoms with Gasteiger partial charge in [-0.25, -0.2) is 0 Å². The fourth-order valence-electron chi connectivity index (χ4n) is 1.54. The van der Waals surface area contributed by atoms with Gasteiger partial charge in [-0.2, -0.15) is 0 Å². The van der Waals surface area contributed by atoms with Gasteiger partial charge < -0.3 is 0 Å². The second-order valence-electron chi connectivity index (χ2n) is 3.86. The molecule has 0 amide bonds. The summed E-state index contributed by atoms with van der Waals surface area (Å²) in [6.07, 6.45) is 2.11. The van der Waals surface area contributed by atoms with E-state index in [1.165, 1.54) is 0 Å². The second kappa shape index (κ2) is 6.82. The van der Waals surface area contributed by atoms with Crippen LogP contribution in [0.1, 0.15) is 5.56 Å². The van der Waals surface area contributed by atoms with Crippen molar-refractivity contribution in [2.75, 3.05) is 0 Å². The first kappa shape index (κ1) is 12.7. The molecule has 0 unspecified atom stereocenters. The molecule has 0 saturated heterocycles. The molecule has 1 nitrogen and oxygen atoms in total. The molecule has 18 heavy (non-hydrogen) atoms. The monoisotopic (exact) mass is 254 g/mol. The van der Waals surface area contributed by atoms with E-state index in [0.717, 1.165) is 10.5 Å². The smallest absolute Gasteiger partial charge is 0.160 e. The number of rotatable bonds is 5. The van der Waals surface area contributed by atoms with Gasteiger partial charge in [-0.15, -0.1) is 0 Å². The standard InChI is InChI=1S/C16H14OS/c17-15(13-14-7-3-1-4-8-14)11-12-18-16-9-5-2-6-10-16/h1-12H,13H2/b12-11+. The average Bonchev–Trinajstić information content (AvgIpc) is 2.41. The highest BCUT2D eigenvalue weighted by Crippen LogP contribution is 2.18. The molecule has 2 rings (SSSR count). The zero-order chi connectivity index (χ0) is 12.6. The van der Waals surface area contributed by atoms with Crippen LogP contribution in [0.25, 0.3) is 0 Å². The van der Waals surface area contributed by atoms with Crippen LogP contribution in [0.2, 0.25) is 0 Å². The zero-order valence-electron chi connectivity index (χ0n) is 9.95. The lowest BCUT2D eigenvalue weighted by Crippen LogP contribution is -1.97. The Hall–Kier alpha value is -1.80. The quantitative estimate of drug-likeness (QED) is 0.590. The first-order chi connectivity index (χ1) is 8.84. The SMILES string of the molecule is O=C(/C=C/Sc1ccccc1)Cc1ccccc1. The predicted molar refractivity (Wildman–Crippen MR) is 76.6 cm³/mol. The van der Waals surface area contributed by atoms with Crippen molar-refractivity contribution in [1.82, 2.24) is 0 Å². The lowest BCUT2D eigenvalue weighted by atomic mass is 10.1. The molecule has 0 atom stereocenters. The number of hydrogen-bond donors (Lipinski definition) is 0. The third-order valence-corrected chi connectivity index (χ3v) is 3.24. The second-order valence-corrected chi connectivity index (χ2v) is 4.84. The van der Waals surface area contributed by atoms with Gasteiger partial charge in [-0.3, -0.25) is 4.79 Å². The zero-order valence-corrected chi connectivity index (χ0v) is 10.8. The molecule has 0 aromatic heterocycles. The van der Waals surface area contributed by atoms with Crippen LogP contribution in [0, 0.1) is 0 Å². The number of carbonyl (C=O) groups is 1. The maximum Gasteiger partial charge on any atom is 0.160 e. The Labute approximate surface area is 112 Å². The molecule has 2 heteroatoms. The van der Waals surface area contributed by atoms with Crippen LogP contribution in [0.4, 0.5) is 0 Å². The van der Waals surface area contributed by atoms with E-state index < -0.39 is 0 Å². The van der Waals surface area contributed by atoms with Crippen LogP contribution in [-0.4, -0.2) is 5.78 Å². The Balaban J connectivity index is 1.85. The summed E-state index contributed by atoms with van der Waals surface area (Å²) < 4.78 is 0. The molecule has 0 spiro atoms. The first-order valence-corrected chi connectivity index (χ1v) is 6.67. The predicted octanol–water partition coefficient (Wildman–Crippen LogP) is 4.10. The van der Waals surface area contributed by atoms with E-state index in [-0.39, 0.29) is 5.78 Å². The summed E-state index contributed by atoms with van der Waals surface area (Å²) in [4.78, 5) is 12.8. The molecule has 0 saturated carbocycles. The Kier molecular flexibility index (Phi) is 4.79. The van der Waals surface area contributed by atoms with Crippen molar-refractivity contribution in [2.24, 2.45) is 0 Å². The largest absolute Gasteiger partial charge is 0.294 e. The molecule has 0 fully saturated rings. The van der Waals surface area contributed by atoms with E-state index in [9.17, 15) is 4.79 Å². The Morgan fingerprint density at radius 1 is 0.944 bits per heavy atom. The van der Waals surface area contributed by atoms with Gasteiger partial charge >= 0.3 is 0 Å². The number of thioether (sulfide) groups is 1. The van der Waals surface area contributed by atoms with Gasteiger partial charge in [-0.05, 0) is 29.2 Å². The molecule has 0 bridgehead atoms. The average molecular weight is 254 g/mol. The molecule has 2 aromatic carbocycles. The lowest BCUT2D eigenvalue weighted by molar-refractivity contribution is -0.114. The van der Waals surface area contributed by atoms with E-state index >= 15 is 0 Å².